The second-order valence-electron chi connectivity index (χ2n) is 13.6. The summed E-state index contributed by atoms with van der Waals surface area (Å²) in [7, 11) is -0.796. The summed E-state index contributed by atoms with van der Waals surface area (Å²) >= 11 is 0. The Morgan fingerprint density at radius 1 is 0.957 bits per heavy atom. The zero-order valence-electron chi connectivity index (χ0n) is 28.6. The number of nitrogens with zero attached hydrogens (tertiary/aromatic N) is 2. The highest BCUT2D eigenvalue weighted by molar-refractivity contribution is 7.89. The molecule has 250 valence electrons. The van der Waals surface area contributed by atoms with Crippen molar-refractivity contribution in [2.75, 3.05) is 14.1 Å². The number of carbonyl (C=O) groups excluding carboxylic acids is 3. The second kappa shape index (κ2) is 15.5. The zero-order chi connectivity index (χ0) is 35.0. The predicted molar refractivity (Wildman–Crippen MR) is 181 cm³/mol. The Balaban J connectivity index is 2.31. The van der Waals surface area contributed by atoms with Gasteiger partial charge in [0.1, 0.15) is 6.04 Å². The van der Waals surface area contributed by atoms with E-state index in [1.165, 1.54) is 24.0 Å². The Morgan fingerprint density at radius 2 is 1.52 bits per heavy atom. The molecule has 1 unspecified atom stereocenters. The maximum Gasteiger partial charge on any atom is 0.260 e. The van der Waals surface area contributed by atoms with Gasteiger partial charge in [0.15, 0.2) is 0 Å². The number of carbonyl (C=O) groups is 3. The Morgan fingerprint density at radius 3 is 2.04 bits per heavy atom. The lowest BCUT2D eigenvalue weighted by atomic mass is 9.76. The minimum absolute atomic E-state index is 0.103. The zero-order valence-corrected chi connectivity index (χ0v) is 29.5. The van der Waals surface area contributed by atoms with E-state index >= 15 is 0 Å². The molecule has 11 heteroatoms. The predicted octanol–water partition coefficient (Wildman–Crippen LogP) is 4.03. The first-order valence-corrected chi connectivity index (χ1v) is 16.9. The lowest BCUT2D eigenvalue weighted by molar-refractivity contribution is -0.140. The van der Waals surface area contributed by atoms with Crippen LogP contribution in [-0.4, -0.2) is 63.3 Å². The smallest absolute Gasteiger partial charge is 0.260 e. The van der Waals surface area contributed by atoms with Crippen LogP contribution in [0.5, 0.6) is 0 Å². The van der Waals surface area contributed by atoms with Gasteiger partial charge in [0, 0.05) is 18.0 Å². The van der Waals surface area contributed by atoms with Gasteiger partial charge in [0.2, 0.25) is 21.8 Å². The Kier molecular flexibility index (Phi) is 12.9. The lowest BCUT2D eigenvalue weighted by Crippen LogP contribution is -2.61. The maximum atomic E-state index is 14.1. The van der Waals surface area contributed by atoms with Crippen LogP contribution in [-0.2, 0) is 35.6 Å². The van der Waals surface area contributed by atoms with Crippen LogP contribution in [0.25, 0.3) is 0 Å². The van der Waals surface area contributed by atoms with Gasteiger partial charge in [-0.15, -0.1) is 0 Å². The topological polar surface area (TPSA) is 148 Å². The number of hydrogen-bond donors (Lipinski definition) is 3. The molecule has 0 saturated carbocycles. The van der Waals surface area contributed by atoms with Gasteiger partial charge in [0.05, 0.1) is 29.5 Å². The van der Waals surface area contributed by atoms with Crippen molar-refractivity contribution >= 4 is 27.7 Å². The summed E-state index contributed by atoms with van der Waals surface area (Å²) in [6, 6.07) is 15.8. The average molecular weight is 652 g/mol. The fourth-order valence-corrected chi connectivity index (χ4v) is 6.56. The van der Waals surface area contributed by atoms with Gasteiger partial charge in [-0.3, -0.25) is 14.4 Å². The highest BCUT2D eigenvalue weighted by Crippen LogP contribution is 2.29. The highest BCUT2D eigenvalue weighted by atomic mass is 32.2. The Hall–Kier alpha value is -4.01. The minimum Gasteiger partial charge on any atom is -0.342 e. The van der Waals surface area contributed by atoms with Crippen molar-refractivity contribution in [1.29, 1.82) is 5.26 Å². The first-order chi connectivity index (χ1) is 21.3. The number of nitrogens with one attached hydrogen (secondary N) is 3. The molecule has 0 aromatic heterocycles. The molecule has 0 saturated heterocycles. The van der Waals surface area contributed by atoms with Crippen LogP contribution in [0.1, 0.15) is 72.1 Å². The van der Waals surface area contributed by atoms with Crippen molar-refractivity contribution in [2.24, 2.45) is 11.3 Å². The van der Waals surface area contributed by atoms with Gasteiger partial charge in [-0.05, 0) is 42.5 Å². The van der Waals surface area contributed by atoms with Gasteiger partial charge in [-0.2, -0.15) is 5.26 Å². The van der Waals surface area contributed by atoms with E-state index in [0.29, 0.717) is 0 Å². The van der Waals surface area contributed by atoms with Crippen LogP contribution in [0.15, 0.2) is 66.2 Å². The maximum absolute atomic E-state index is 14.1. The summed E-state index contributed by atoms with van der Waals surface area (Å²) in [6.45, 7) is 14.8. The molecule has 46 heavy (non-hydrogen) atoms. The molecule has 3 atom stereocenters. The van der Waals surface area contributed by atoms with Crippen LogP contribution in [0, 0.1) is 22.7 Å². The molecule has 0 aliphatic carbocycles. The first-order valence-electron chi connectivity index (χ1n) is 15.3. The molecule has 2 aromatic rings. The third-order valence-corrected chi connectivity index (χ3v) is 9.37. The molecule has 0 radical (unpaired) electrons. The average Bonchev–Trinajstić information content (AvgIpc) is 2.97. The molecule has 0 fully saturated rings. The number of nitriles is 1. The van der Waals surface area contributed by atoms with E-state index in [4.69, 9.17) is 0 Å². The first kappa shape index (κ1) is 38.2. The normalized spacial score (nSPS) is 14.5. The minimum atomic E-state index is -4.12. The van der Waals surface area contributed by atoms with E-state index in [1.54, 1.807) is 32.3 Å². The van der Waals surface area contributed by atoms with E-state index in [2.05, 4.69) is 15.4 Å². The van der Waals surface area contributed by atoms with Crippen LogP contribution in [0.3, 0.4) is 0 Å². The molecule has 0 spiro atoms. The molecule has 0 aliphatic rings. The molecule has 2 rings (SSSR count). The molecule has 0 bridgehead atoms. The van der Waals surface area contributed by atoms with Crippen molar-refractivity contribution in [3.05, 3.63) is 82.9 Å². The van der Waals surface area contributed by atoms with Gasteiger partial charge in [0.25, 0.3) is 5.91 Å². The summed E-state index contributed by atoms with van der Waals surface area (Å²) in [4.78, 5) is 42.4. The molecule has 10 nitrogen and oxygen atoms in total. The van der Waals surface area contributed by atoms with E-state index < -0.39 is 50.6 Å². The standard InChI is InChI=1S/C35H49N5O5S/c1-23(2)28(20-24(3)31(41)39-46(44,45)22-26-17-15-14-16-25(26)21-36)40(10)33(43)30(34(4,5)6)38-32(42)29(37-9)35(7,8)27-18-12-11-13-19-27/h11-20,23,28-30,37H,22H2,1-10H3,(H,38,42)(H,39,41)/b24-20+/t28-,29-,30?/m1/s1. The highest BCUT2D eigenvalue weighted by Gasteiger charge is 2.41. The summed E-state index contributed by atoms with van der Waals surface area (Å²) in [5.74, 6) is -2.20. The molecule has 0 heterocycles. The van der Waals surface area contributed by atoms with Gasteiger partial charge in [-0.25, -0.2) is 13.1 Å². The third kappa shape index (κ3) is 9.74. The van der Waals surface area contributed by atoms with Crippen molar-refractivity contribution in [3.63, 3.8) is 0 Å². The lowest BCUT2D eigenvalue weighted by Gasteiger charge is -2.40. The largest absolute Gasteiger partial charge is 0.342 e. The molecule has 3 amide bonds. The molecule has 2 aromatic carbocycles. The summed E-state index contributed by atoms with van der Waals surface area (Å²) in [5, 5.41) is 15.4. The molecule has 3 N–H and O–H groups in total. The quantitative estimate of drug-likeness (QED) is 0.277. The molecular formula is C35H49N5O5S. The van der Waals surface area contributed by atoms with Crippen LogP contribution < -0.4 is 15.4 Å². The summed E-state index contributed by atoms with van der Waals surface area (Å²) in [5.41, 5.74) is 0.295. The van der Waals surface area contributed by atoms with Crippen LogP contribution >= 0.6 is 0 Å². The van der Waals surface area contributed by atoms with Crippen LogP contribution in [0.2, 0.25) is 0 Å². The summed E-state index contributed by atoms with van der Waals surface area (Å²) < 4.78 is 27.7. The Bertz CT molecular complexity index is 1570. The second-order valence-corrected chi connectivity index (χ2v) is 15.3. The van der Waals surface area contributed by atoms with Gasteiger partial charge in [-0.1, -0.05) is 103 Å². The SMILES string of the molecule is CN[C@H](C(=O)NC(C(=O)N(C)[C@H](/C=C(\C)C(=O)NS(=O)(=O)Cc1ccccc1C#N)C(C)C)C(C)(C)C)C(C)(C)c1ccccc1. The van der Waals surface area contributed by atoms with Crippen molar-refractivity contribution < 1.29 is 22.8 Å². The van der Waals surface area contributed by atoms with Crippen LogP contribution in [0.4, 0.5) is 0 Å². The van der Waals surface area contributed by atoms with Crippen molar-refractivity contribution in [1.82, 2.24) is 20.3 Å². The van der Waals surface area contributed by atoms with E-state index in [0.717, 1.165) is 5.56 Å². The number of likely N-dealkylation sites (N-methyl/N-ethyl adjacent to an activating group) is 2. The van der Waals surface area contributed by atoms with E-state index in [-0.39, 0.29) is 34.4 Å². The number of amides is 3. The number of sulfonamides is 1. The fraction of sp³-hybridized carbons (Fsp3) is 0.486. The van der Waals surface area contributed by atoms with E-state index in [1.807, 2.05) is 84.9 Å². The molecule has 0 aliphatic heterocycles. The fourth-order valence-electron chi connectivity index (χ4n) is 5.38. The monoisotopic (exact) mass is 651 g/mol. The van der Waals surface area contributed by atoms with Gasteiger partial charge >= 0.3 is 0 Å². The summed E-state index contributed by atoms with van der Waals surface area (Å²) in [6.07, 6.45) is 1.56. The van der Waals surface area contributed by atoms with Gasteiger partial charge < -0.3 is 15.5 Å². The third-order valence-electron chi connectivity index (χ3n) is 8.18. The van der Waals surface area contributed by atoms with Crippen molar-refractivity contribution in [3.8, 4) is 6.07 Å². The van der Waals surface area contributed by atoms with Crippen molar-refractivity contribution in [2.45, 2.75) is 84.7 Å². The molecular weight excluding hydrogens is 602 g/mol. The number of rotatable bonds is 13. The van der Waals surface area contributed by atoms with E-state index in [9.17, 15) is 28.1 Å². The number of benzene rings is 2. The number of hydrogen-bond acceptors (Lipinski definition) is 7. The Labute approximate surface area is 274 Å².